The van der Waals surface area contributed by atoms with Gasteiger partial charge in [0.05, 0.1) is 12.2 Å². The predicted octanol–water partition coefficient (Wildman–Crippen LogP) is 1.08. The molecule has 2 saturated heterocycles. The third kappa shape index (κ3) is 2.63. The van der Waals surface area contributed by atoms with E-state index >= 15 is 0 Å². The van der Waals surface area contributed by atoms with Crippen molar-refractivity contribution >= 4 is 10.0 Å². The fraction of sp³-hybridized carbons (Fsp3) is 0.714. The summed E-state index contributed by atoms with van der Waals surface area (Å²) in [7, 11) is -3.46. The van der Waals surface area contributed by atoms with Crippen molar-refractivity contribution in [1.82, 2.24) is 8.87 Å². The summed E-state index contributed by atoms with van der Waals surface area (Å²) in [4.78, 5) is 0.345. The highest BCUT2D eigenvalue weighted by molar-refractivity contribution is 7.89. The van der Waals surface area contributed by atoms with Gasteiger partial charge < -0.3 is 15.0 Å². The van der Waals surface area contributed by atoms with Gasteiger partial charge in [-0.1, -0.05) is 0 Å². The van der Waals surface area contributed by atoms with E-state index in [1.807, 2.05) is 18.4 Å². The molecule has 2 unspecified atom stereocenters. The minimum atomic E-state index is -3.46. The Kier molecular flexibility index (Phi) is 3.85. The van der Waals surface area contributed by atoms with Gasteiger partial charge in [0.25, 0.3) is 0 Å². The quantitative estimate of drug-likeness (QED) is 0.902. The van der Waals surface area contributed by atoms with Gasteiger partial charge in [0, 0.05) is 37.6 Å². The fourth-order valence-electron chi connectivity index (χ4n) is 3.20. The van der Waals surface area contributed by atoms with Crippen LogP contribution >= 0.6 is 0 Å². The Morgan fingerprint density at radius 1 is 1.33 bits per heavy atom. The van der Waals surface area contributed by atoms with Crippen LogP contribution in [0.15, 0.2) is 17.2 Å². The molecule has 2 fully saturated rings. The number of rotatable bonds is 4. The number of ether oxygens (including phenoxy) is 1. The summed E-state index contributed by atoms with van der Waals surface area (Å²) >= 11 is 0. The van der Waals surface area contributed by atoms with Gasteiger partial charge in [0.15, 0.2) is 0 Å². The van der Waals surface area contributed by atoms with E-state index in [1.54, 1.807) is 16.6 Å². The van der Waals surface area contributed by atoms with E-state index in [4.69, 9.17) is 10.5 Å². The van der Waals surface area contributed by atoms with Crippen LogP contribution in [-0.4, -0.2) is 42.6 Å². The van der Waals surface area contributed by atoms with Crippen molar-refractivity contribution in [3.05, 3.63) is 18.0 Å². The molecule has 0 saturated carbocycles. The lowest BCUT2D eigenvalue weighted by molar-refractivity contribution is -0.0114. The molecule has 3 rings (SSSR count). The Balaban J connectivity index is 1.91. The van der Waals surface area contributed by atoms with Crippen molar-refractivity contribution in [3.8, 4) is 0 Å². The SMILES string of the molecule is CC(C)n1cc(S(=O)(=O)N2CC3CCC(C2)O3)cc1CN. The first kappa shape index (κ1) is 15.0. The number of hydrogen-bond acceptors (Lipinski definition) is 4. The Morgan fingerprint density at radius 2 is 1.95 bits per heavy atom. The third-order valence-electron chi connectivity index (χ3n) is 4.32. The molecule has 2 N–H and O–H groups in total. The third-order valence-corrected chi connectivity index (χ3v) is 6.12. The Hall–Kier alpha value is -0.890. The second-order valence-electron chi connectivity index (χ2n) is 6.15. The minimum absolute atomic E-state index is 0.0553. The number of sulfonamides is 1. The van der Waals surface area contributed by atoms with E-state index in [0.29, 0.717) is 24.5 Å². The largest absolute Gasteiger partial charge is 0.372 e. The summed E-state index contributed by atoms with van der Waals surface area (Å²) in [5.74, 6) is 0. The van der Waals surface area contributed by atoms with Gasteiger partial charge in [0.2, 0.25) is 10.0 Å². The van der Waals surface area contributed by atoms with Crippen LogP contribution in [-0.2, 0) is 21.3 Å². The van der Waals surface area contributed by atoms with Crippen LogP contribution in [0.5, 0.6) is 0 Å². The molecule has 1 aromatic rings. The summed E-state index contributed by atoms with van der Waals surface area (Å²) in [6, 6.07) is 1.89. The van der Waals surface area contributed by atoms with Crippen LogP contribution in [0.1, 0.15) is 38.4 Å². The van der Waals surface area contributed by atoms with E-state index in [0.717, 1.165) is 18.5 Å². The molecule has 7 heteroatoms. The molecule has 21 heavy (non-hydrogen) atoms. The standard InChI is InChI=1S/C14H23N3O3S/c1-10(2)17-9-14(5-11(17)6-15)21(18,19)16-7-12-3-4-13(8-16)20-12/h5,9-10,12-13H,3-4,6-8,15H2,1-2H3. The van der Waals surface area contributed by atoms with Gasteiger partial charge in [0.1, 0.15) is 4.90 Å². The highest BCUT2D eigenvalue weighted by Gasteiger charge is 2.39. The number of hydrogen-bond donors (Lipinski definition) is 1. The maximum absolute atomic E-state index is 12.8. The summed E-state index contributed by atoms with van der Waals surface area (Å²) in [6.07, 6.45) is 3.73. The molecule has 1 aromatic heterocycles. The van der Waals surface area contributed by atoms with E-state index in [2.05, 4.69) is 0 Å². The van der Waals surface area contributed by atoms with Crippen molar-refractivity contribution in [2.75, 3.05) is 13.1 Å². The molecule has 2 bridgehead atoms. The van der Waals surface area contributed by atoms with Crippen LogP contribution in [0.2, 0.25) is 0 Å². The number of fused-ring (bicyclic) bond motifs is 2. The van der Waals surface area contributed by atoms with Gasteiger partial charge in [-0.2, -0.15) is 4.31 Å². The topological polar surface area (TPSA) is 77.6 Å². The maximum Gasteiger partial charge on any atom is 0.244 e. The molecular weight excluding hydrogens is 290 g/mol. The van der Waals surface area contributed by atoms with Gasteiger partial charge in [-0.15, -0.1) is 0 Å². The first-order valence-electron chi connectivity index (χ1n) is 7.48. The average molecular weight is 313 g/mol. The molecule has 0 aliphatic carbocycles. The maximum atomic E-state index is 12.8. The molecule has 2 aliphatic heterocycles. The molecule has 6 nitrogen and oxygen atoms in total. The Morgan fingerprint density at radius 3 is 2.43 bits per heavy atom. The van der Waals surface area contributed by atoms with Crippen LogP contribution in [0.3, 0.4) is 0 Å². The van der Waals surface area contributed by atoms with Crippen molar-refractivity contribution in [3.63, 3.8) is 0 Å². The van der Waals surface area contributed by atoms with Crippen molar-refractivity contribution in [1.29, 1.82) is 0 Å². The summed E-state index contributed by atoms with van der Waals surface area (Å²) in [5, 5.41) is 0. The lowest BCUT2D eigenvalue weighted by atomic mass is 10.2. The first-order chi connectivity index (χ1) is 9.91. The van der Waals surface area contributed by atoms with Gasteiger partial charge in [-0.05, 0) is 32.8 Å². The fourth-order valence-corrected chi connectivity index (χ4v) is 4.76. The number of nitrogens with zero attached hydrogens (tertiary/aromatic N) is 2. The van der Waals surface area contributed by atoms with Crippen molar-refractivity contribution in [2.45, 2.75) is 56.4 Å². The van der Waals surface area contributed by atoms with Crippen LogP contribution in [0.4, 0.5) is 0 Å². The highest BCUT2D eigenvalue weighted by atomic mass is 32.2. The van der Waals surface area contributed by atoms with E-state index in [9.17, 15) is 8.42 Å². The summed E-state index contributed by atoms with van der Waals surface area (Å²) < 4.78 is 34.9. The van der Waals surface area contributed by atoms with E-state index in [-0.39, 0.29) is 18.2 Å². The summed E-state index contributed by atoms with van der Waals surface area (Å²) in [6.45, 7) is 5.30. The van der Waals surface area contributed by atoms with Crippen LogP contribution in [0.25, 0.3) is 0 Å². The normalized spacial score (nSPS) is 26.7. The van der Waals surface area contributed by atoms with Crippen molar-refractivity contribution in [2.24, 2.45) is 5.73 Å². The molecule has 0 amide bonds. The first-order valence-corrected chi connectivity index (χ1v) is 8.92. The second kappa shape index (κ2) is 5.39. The predicted molar refractivity (Wildman–Crippen MR) is 79.4 cm³/mol. The Bertz CT molecular complexity index is 611. The molecule has 2 aliphatic rings. The van der Waals surface area contributed by atoms with E-state index in [1.165, 1.54) is 0 Å². The van der Waals surface area contributed by atoms with Gasteiger partial charge >= 0.3 is 0 Å². The zero-order chi connectivity index (χ0) is 15.2. The van der Waals surface area contributed by atoms with Gasteiger partial charge in [-0.25, -0.2) is 8.42 Å². The van der Waals surface area contributed by atoms with Crippen LogP contribution < -0.4 is 5.73 Å². The minimum Gasteiger partial charge on any atom is -0.372 e. The van der Waals surface area contributed by atoms with E-state index < -0.39 is 10.0 Å². The molecular formula is C14H23N3O3S. The zero-order valence-electron chi connectivity index (χ0n) is 12.5. The number of morpholine rings is 1. The molecule has 2 atom stereocenters. The highest BCUT2D eigenvalue weighted by Crippen LogP contribution is 2.30. The molecule has 0 spiro atoms. The van der Waals surface area contributed by atoms with Crippen LogP contribution in [0, 0.1) is 0 Å². The van der Waals surface area contributed by atoms with Crippen molar-refractivity contribution < 1.29 is 13.2 Å². The molecule has 0 aromatic carbocycles. The van der Waals surface area contributed by atoms with Gasteiger partial charge in [-0.3, -0.25) is 0 Å². The summed E-state index contributed by atoms with van der Waals surface area (Å²) in [5.41, 5.74) is 6.58. The number of aromatic nitrogens is 1. The molecule has 3 heterocycles. The number of nitrogens with two attached hydrogens (primary N) is 1. The second-order valence-corrected chi connectivity index (χ2v) is 8.09. The zero-order valence-corrected chi connectivity index (χ0v) is 13.3. The smallest absolute Gasteiger partial charge is 0.244 e. The lowest BCUT2D eigenvalue weighted by Gasteiger charge is -2.30. The Labute approximate surface area is 125 Å². The molecule has 118 valence electrons. The molecule has 0 radical (unpaired) electrons. The average Bonchev–Trinajstić information content (AvgIpc) is 3.02. The lowest BCUT2D eigenvalue weighted by Crippen LogP contribution is -2.45. The monoisotopic (exact) mass is 313 g/mol.